The average molecular weight is 192 g/mol. The lowest BCUT2D eigenvalue weighted by Crippen LogP contribution is -2.55. The fraction of sp³-hybridized carbons (Fsp3) is 0.400. The summed E-state index contributed by atoms with van der Waals surface area (Å²) in [6.07, 6.45) is 0. The van der Waals surface area contributed by atoms with Gasteiger partial charge in [0.1, 0.15) is 0 Å². The quantitative estimate of drug-likeness (QED) is 0.518. The summed E-state index contributed by atoms with van der Waals surface area (Å²) >= 11 is 0. The summed E-state index contributed by atoms with van der Waals surface area (Å²) in [7, 11) is 0. The van der Waals surface area contributed by atoms with E-state index in [2.05, 4.69) is 10.3 Å². The number of piperazine rings is 1. The number of nitrogens with one attached hydrogen (secondary N) is 1. The van der Waals surface area contributed by atoms with Crippen molar-refractivity contribution in [1.29, 1.82) is 0 Å². The standard InChI is InChI=1S/C10H16N4/c11-14(10-4-2-1-3-5-10)13-8-6-12-7-9-13/h1-5,12H,6-9,11H2. The monoisotopic (exact) mass is 192 g/mol. The molecule has 4 heteroatoms. The summed E-state index contributed by atoms with van der Waals surface area (Å²) < 4.78 is 0. The molecule has 0 bridgehead atoms. The summed E-state index contributed by atoms with van der Waals surface area (Å²) in [4.78, 5) is 0. The van der Waals surface area contributed by atoms with Gasteiger partial charge in [0.2, 0.25) is 0 Å². The molecule has 2 rings (SSSR count). The predicted octanol–water partition coefficient (Wildman–Crippen LogP) is 0.187. The zero-order valence-electron chi connectivity index (χ0n) is 8.19. The minimum absolute atomic E-state index is 0.964. The maximum Gasteiger partial charge on any atom is 0.0702 e. The van der Waals surface area contributed by atoms with Gasteiger partial charge < -0.3 is 5.32 Å². The highest BCUT2D eigenvalue weighted by molar-refractivity contribution is 5.43. The smallest absolute Gasteiger partial charge is 0.0702 e. The van der Waals surface area contributed by atoms with Crippen LogP contribution in [-0.2, 0) is 0 Å². The molecule has 0 saturated carbocycles. The normalized spacial score (nSPS) is 18.1. The molecule has 1 fully saturated rings. The van der Waals surface area contributed by atoms with Crippen molar-refractivity contribution >= 4 is 5.69 Å². The van der Waals surface area contributed by atoms with Gasteiger partial charge in [0.05, 0.1) is 5.69 Å². The maximum absolute atomic E-state index is 6.00. The Balaban J connectivity index is 2.03. The van der Waals surface area contributed by atoms with Gasteiger partial charge in [0, 0.05) is 26.2 Å². The van der Waals surface area contributed by atoms with Gasteiger partial charge in [-0.3, -0.25) is 0 Å². The number of hydrazine groups is 2. The Morgan fingerprint density at radius 2 is 1.79 bits per heavy atom. The van der Waals surface area contributed by atoms with Gasteiger partial charge in [-0.15, -0.1) is 0 Å². The molecule has 1 aliphatic rings. The number of nitrogens with two attached hydrogens (primary N) is 1. The highest BCUT2D eigenvalue weighted by Crippen LogP contribution is 2.11. The van der Waals surface area contributed by atoms with Crippen LogP contribution in [0.3, 0.4) is 0 Å². The molecule has 76 valence electrons. The van der Waals surface area contributed by atoms with Crippen molar-refractivity contribution in [2.75, 3.05) is 31.3 Å². The van der Waals surface area contributed by atoms with Crippen LogP contribution in [0.1, 0.15) is 0 Å². The van der Waals surface area contributed by atoms with Crippen LogP contribution in [0.25, 0.3) is 0 Å². The molecule has 1 saturated heterocycles. The minimum Gasteiger partial charge on any atom is -0.314 e. The molecule has 3 N–H and O–H groups in total. The molecule has 1 heterocycles. The third-order valence-corrected chi connectivity index (χ3v) is 2.42. The van der Waals surface area contributed by atoms with Gasteiger partial charge in [-0.25, -0.2) is 16.0 Å². The Morgan fingerprint density at radius 3 is 2.43 bits per heavy atom. The molecule has 0 spiro atoms. The van der Waals surface area contributed by atoms with Crippen molar-refractivity contribution in [3.05, 3.63) is 30.3 Å². The van der Waals surface area contributed by atoms with Crippen molar-refractivity contribution < 1.29 is 0 Å². The van der Waals surface area contributed by atoms with Crippen molar-refractivity contribution in [2.45, 2.75) is 0 Å². The molecule has 1 aromatic rings. The number of anilines is 1. The van der Waals surface area contributed by atoms with Gasteiger partial charge in [-0.1, -0.05) is 18.2 Å². The molecule has 1 aliphatic heterocycles. The third-order valence-electron chi connectivity index (χ3n) is 2.42. The van der Waals surface area contributed by atoms with Crippen LogP contribution in [0.2, 0.25) is 0 Å². The number of benzene rings is 1. The Labute approximate surface area is 84.2 Å². The molecule has 0 atom stereocenters. The number of rotatable bonds is 2. The number of hydrogen-bond donors (Lipinski definition) is 2. The molecular formula is C10H16N4. The molecular weight excluding hydrogens is 176 g/mol. The topological polar surface area (TPSA) is 44.5 Å². The highest BCUT2D eigenvalue weighted by Gasteiger charge is 2.14. The van der Waals surface area contributed by atoms with E-state index >= 15 is 0 Å². The zero-order valence-corrected chi connectivity index (χ0v) is 8.19. The van der Waals surface area contributed by atoms with Gasteiger partial charge in [-0.05, 0) is 12.1 Å². The van der Waals surface area contributed by atoms with Crippen molar-refractivity contribution in [1.82, 2.24) is 10.3 Å². The first-order valence-electron chi connectivity index (χ1n) is 4.93. The lowest BCUT2D eigenvalue weighted by molar-refractivity contribution is 0.220. The van der Waals surface area contributed by atoms with E-state index in [0.717, 1.165) is 31.9 Å². The first-order chi connectivity index (χ1) is 6.88. The molecule has 0 radical (unpaired) electrons. The second-order valence-electron chi connectivity index (χ2n) is 3.38. The third kappa shape index (κ3) is 2.04. The van der Waals surface area contributed by atoms with Crippen molar-refractivity contribution in [2.24, 2.45) is 5.84 Å². The van der Waals surface area contributed by atoms with E-state index in [1.807, 2.05) is 30.3 Å². The van der Waals surface area contributed by atoms with Crippen LogP contribution in [0, 0.1) is 0 Å². The van der Waals surface area contributed by atoms with Gasteiger partial charge in [-0.2, -0.15) is 0 Å². The number of nitrogens with zero attached hydrogens (tertiary/aromatic N) is 2. The van der Waals surface area contributed by atoms with E-state index in [1.54, 1.807) is 5.12 Å². The van der Waals surface area contributed by atoms with Crippen LogP contribution in [0.5, 0.6) is 0 Å². The fourth-order valence-electron chi connectivity index (χ4n) is 1.61. The highest BCUT2D eigenvalue weighted by atomic mass is 15.8. The Hall–Kier alpha value is -1.10. The maximum atomic E-state index is 6.00. The van der Waals surface area contributed by atoms with E-state index in [9.17, 15) is 0 Å². The second kappa shape index (κ2) is 4.41. The molecule has 14 heavy (non-hydrogen) atoms. The molecule has 0 amide bonds. The Morgan fingerprint density at radius 1 is 1.14 bits per heavy atom. The van der Waals surface area contributed by atoms with Crippen LogP contribution in [0.4, 0.5) is 5.69 Å². The SMILES string of the molecule is NN(c1ccccc1)N1CCNCC1. The lowest BCUT2D eigenvalue weighted by atomic mass is 10.3. The van der Waals surface area contributed by atoms with Gasteiger partial charge >= 0.3 is 0 Å². The van der Waals surface area contributed by atoms with Crippen molar-refractivity contribution in [3.8, 4) is 0 Å². The van der Waals surface area contributed by atoms with E-state index in [0.29, 0.717) is 0 Å². The first kappa shape index (κ1) is 9.45. The van der Waals surface area contributed by atoms with Crippen LogP contribution in [-0.4, -0.2) is 31.2 Å². The number of hydrogen-bond acceptors (Lipinski definition) is 4. The van der Waals surface area contributed by atoms with E-state index in [4.69, 9.17) is 5.84 Å². The van der Waals surface area contributed by atoms with Crippen LogP contribution >= 0.6 is 0 Å². The summed E-state index contributed by atoms with van der Waals surface area (Å²) in [5, 5.41) is 7.18. The molecule has 1 aromatic carbocycles. The molecule has 4 nitrogen and oxygen atoms in total. The van der Waals surface area contributed by atoms with Gasteiger partial charge in [0.25, 0.3) is 0 Å². The van der Waals surface area contributed by atoms with Crippen LogP contribution in [0.15, 0.2) is 30.3 Å². The van der Waals surface area contributed by atoms with E-state index < -0.39 is 0 Å². The predicted molar refractivity (Wildman–Crippen MR) is 57.6 cm³/mol. The average Bonchev–Trinajstić information content (AvgIpc) is 2.30. The molecule has 0 aromatic heterocycles. The largest absolute Gasteiger partial charge is 0.314 e. The summed E-state index contributed by atoms with van der Waals surface area (Å²) in [6, 6.07) is 10.0. The minimum atomic E-state index is 0.964. The molecule has 0 aliphatic carbocycles. The second-order valence-corrected chi connectivity index (χ2v) is 3.38. The first-order valence-corrected chi connectivity index (χ1v) is 4.93. The zero-order chi connectivity index (χ0) is 9.80. The summed E-state index contributed by atoms with van der Waals surface area (Å²) in [6.45, 7) is 3.93. The summed E-state index contributed by atoms with van der Waals surface area (Å²) in [5.41, 5.74) is 1.04. The van der Waals surface area contributed by atoms with Gasteiger partial charge in [0.15, 0.2) is 0 Å². The Kier molecular flexibility index (Phi) is 2.98. The van der Waals surface area contributed by atoms with Crippen LogP contribution < -0.4 is 16.3 Å². The fourth-order valence-corrected chi connectivity index (χ4v) is 1.61. The Bertz CT molecular complexity index is 269. The number of para-hydroxylation sites is 1. The van der Waals surface area contributed by atoms with Crippen molar-refractivity contribution in [3.63, 3.8) is 0 Å². The lowest BCUT2D eigenvalue weighted by Gasteiger charge is -2.35. The summed E-state index contributed by atoms with van der Waals surface area (Å²) in [5.74, 6) is 6.00. The molecule has 0 unspecified atom stereocenters. The van der Waals surface area contributed by atoms with E-state index in [1.165, 1.54) is 0 Å². The van der Waals surface area contributed by atoms with E-state index in [-0.39, 0.29) is 0 Å².